The van der Waals surface area contributed by atoms with Crippen LogP contribution < -0.4 is 26.8 Å². The third kappa shape index (κ3) is 21.2. The van der Waals surface area contributed by atoms with Crippen molar-refractivity contribution in [3.05, 3.63) is 174 Å². The van der Waals surface area contributed by atoms with Crippen molar-refractivity contribution in [2.24, 2.45) is 9.98 Å². The van der Waals surface area contributed by atoms with E-state index in [1.807, 2.05) is 0 Å². The van der Waals surface area contributed by atoms with Gasteiger partial charge in [0.25, 0.3) is 0 Å². The molecule has 0 spiro atoms. The zero-order valence-corrected chi connectivity index (χ0v) is 58.2. The largest absolute Gasteiger partial charge is 2.00 e. The second kappa shape index (κ2) is 32.3. The van der Waals surface area contributed by atoms with Gasteiger partial charge in [0.15, 0.2) is 0 Å². The minimum Gasteiger partial charge on any atom is -0.657 e. The van der Waals surface area contributed by atoms with Crippen molar-refractivity contribution in [2.75, 3.05) is 40.0 Å². The van der Waals surface area contributed by atoms with Gasteiger partial charge in [-0.25, -0.2) is 0 Å². The van der Waals surface area contributed by atoms with Gasteiger partial charge < -0.3 is 4.98 Å². The molecule has 0 saturated carbocycles. The third-order valence-electron chi connectivity index (χ3n) is 15.1. The molecule has 538 valence electrons. The van der Waals surface area contributed by atoms with Crippen LogP contribution in [0.3, 0.4) is 0 Å². The van der Waals surface area contributed by atoms with E-state index in [1.54, 1.807) is 0 Å². The maximum absolute atomic E-state index is 14.2. The summed E-state index contributed by atoms with van der Waals surface area (Å²) in [5, 5.41) is 0. The van der Waals surface area contributed by atoms with Crippen LogP contribution in [0.4, 0.5) is 105 Å². The molecule has 0 bridgehead atoms. The molecule has 3 heterocycles. The summed E-state index contributed by atoms with van der Waals surface area (Å²) in [5.74, 6) is 0. The predicted octanol–water partition coefficient (Wildman–Crippen LogP) is 21.0. The monoisotopic (exact) mass is 1540 g/mol. The Bertz CT molecular complexity index is 3260. The number of aromatic nitrogens is 1. The molecule has 3 nitrogen and oxygen atoms in total. The van der Waals surface area contributed by atoms with Gasteiger partial charge in [-0.2, -0.15) is 127 Å². The van der Waals surface area contributed by atoms with E-state index in [0.717, 1.165) is 72.7 Å². The molecule has 31 heteroatoms. The Morgan fingerprint density at radius 1 is 0.320 bits per heavy atom. The molecule has 0 saturated heterocycles. The number of allylic oxidation sites excluding steroid dienone is 4. The molecule has 7 rings (SSSR count). The van der Waals surface area contributed by atoms with E-state index in [4.69, 9.17) is 15.0 Å². The fourth-order valence-corrected chi connectivity index (χ4v) is 11.3. The molecule has 0 atom stereocenters. The fourth-order valence-electron chi connectivity index (χ4n) is 11.3. The van der Waals surface area contributed by atoms with Crippen molar-refractivity contribution >= 4 is 67.4 Å². The second-order valence-corrected chi connectivity index (χ2v) is 29.6. The summed E-state index contributed by atoms with van der Waals surface area (Å²) in [6.45, 7) is 31.2. The van der Waals surface area contributed by atoms with Gasteiger partial charge in [0.05, 0.1) is 55.9 Å². The number of aliphatic imine (C=N–C) groups is 2. The molecule has 2 aliphatic heterocycles. The standard InChI is InChI=1S/C32H12BF24.C28H38N3.2C3H9P.Pd/c34-25(35,36)13-1-14(26(37,38)39)6-21(5-13)33(22-7-15(27(40,41)42)2-16(8-22)28(43,44)45,23-9-17(29(46,47)48)3-18(10-23)30(49,50)51)24-11-19(31(52,53)54)4-20(12-24)32(55,56)57;1-9-19-17(7)29-25(21(19)11-3)15-27-23(13-5)24(14-6)28(31-27)16-26-22(12-4)20(10-2)18(8)30-26;2*1-4(2)3;/h1-12H;15-16H,9-14H2,1-8H3;2*1-3H3;/q2*-1;;;+2/p+2/b;25-15-,26-16-;;;. The van der Waals surface area contributed by atoms with Gasteiger partial charge >= 0.3 is 69.8 Å². The SMILES string of the molecule is CCC1=C(CC)/C(=C/c2[n-]c(/C=C3\N=C(C)C(CC)=C3CC)c(CC)c2CC)N=C1C.C[PH+](C)C.C[PH+](C)C.FC(F)(F)c1cc([B-](c2cc(C(F)(F)F)cc(C(F)(F)F)c2)(c2cc(C(F)(F)F)cc(C(F)(F)F)c2)c2cc(C(F)(F)F)cc(C(F)(F)F)c2)cc(C(F)(F)F)c1.[Pd+2]. The molecule has 0 N–H and O–H groups in total. The number of alkyl halides is 24. The topological polar surface area (TPSA) is 38.8 Å². The van der Waals surface area contributed by atoms with Crippen molar-refractivity contribution in [1.29, 1.82) is 0 Å². The molecule has 4 aromatic carbocycles. The summed E-state index contributed by atoms with van der Waals surface area (Å²) in [7, 11) is 0.241. The Kier molecular flexibility index (Phi) is 28.5. The first kappa shape index (κ1) is 85.6. The number of nitrogens with zero attached hydrogens (tertiary/aromatic N) is 3. The van der Waals surface area contributed by atoms with E-state index in [1.165, 1.54) is 33.4 Å². The van der Waals surface area contributed by atoms with Crippen LogP contribution >= 0.6 is 15.8 Å². The Morgan fingerprint density at radius 3 is 0.639 bits per heavy atom. The maximum atomic E-state index is 14.2. The number of rotatable bonds is 12. The average Bonchev–Trinajstić information content (AvgIpc) is 1.70. The third-order valence-corrected chi connectivity index (χ3v) is 15.1. The van der Waals surface area contributed by atoms with E-state index in [-0.39, 0.29) is 36.3 Å². The molecular weight excluding hydrogens is 1470 g/mol. The van der Waals surface area contributed by atoms with Gasteiger partial charge in [0.1, 0.15) is 6.15 Å². The van der Waals surface area contributed by atoms with E-state index >= 15 is 0 Å². The zero-order valence-electron chi connectivity index (χ0n) is 54.6. The predicted molar refractivity (Wildman–Crippen MR) is 338 cm³/mol. The van der Waals surface area contributed by atoms with Crippen LogP contribution in [0.25, 0.3) is 12.2 Å². The van der Waals surface area contributed by atoms with Gasteiger partial charge in [0, 0.05) is 51.4 Å². The normalized spacial score (nSPS) is 15.3. The maximum Gasteiger partial charge on any atom is 2.00 e. The van der Waals surface area contributed by atoms with E-state index in [9.17, 15) is 105 Å². The smallest absolute Gasteiger partial charge is 0.657 e. The van der Waals surface area contributed by atoms with Crippen LogP contribution in [-0.2, 0) is 82.7 Å². The number of hydrogen-bond acceptors (Lipinski definition) is 2. The van der Waals surface area contributed by atoms with Crippen molar-refractivity contribution in [3.8, 4) is 0 Å². The molecule has 0 fully saturated rings. The van der Waals surface area contributed by atoms with Gasteiger partial charge in [-0.15, -0.1) is 11.4 Å². The van der Waals surface area contributed by atoms with Crippen molar-refractivity contribution in [2.45, 2.75) is 143 Å². The summed E-state index contributed by atoms with van der Waals surface area (Å²) in [6, 6.07) is -8.81. The van der Waals surface area contributed by atoms with E-state index < -0.39 is 195 Å². The van der Waals surface area contributed by atoms with E-state index in [2.05, 4.69) is 108 Å². The van der Waals surface area contributed by atoms with Gasteiger partial charge in [-0.05, 0) is 115 Å². The zero-order chi connectivity index (χ0) is 73.8. The van der Waals surface area contributed by atoms with Gasteiger partial charge in [0.2, 0.25) is 0 Å². The molecule has 97 heavy (non-hydrogen) atoms. The summed E-state index contributed by atoms with van der Waals surface area (Å²) in [5.41, 5.74) is -15.3. The van der Waals surface area contributed by atoms with Crippen molar-refractivity contribution in [3.63, 3.8) is 0 Å². The quantitative estimate of drug-likeness (QED) is 0.0697. The van der Waals surface area contributed by atoms with Crippen LogP contribution in [0, 0.1) is 0 Å². The Labute approximate surface area is 562 Å². The van der Waals surface area contributed by atoms with Crippen LogP contribution in [0.1, 0.15) is 148 Å². The van der Waals surface area contributed by atoms with Crippen molar-refractivity contribution < 1.29 is 126 Å². The first-order valence-corrected chi connectivity index (χ1v) is 35.7. The molecule has 0 radical (unpaired) electrons. The van der Waals surface area contributed by atoms with Crippen LogP contribution in [0.15, 0.2) is 116 Å². The number of halogens is 24. The van der Waals surface area contributed by atoms with Crippen LogP contribution in [0.2, 0.25) is 0 Å². The van der Waals surface area contributed by atoms with Gasteiger partial charge in [-0.1, -0.05) is 113 Å². The van der Waals surface area contributed by atoms with Crippen molar-refractivity contribution in [1.82, 2.24) is 4.98 Å². The first-order chi connectivity index (χ1) is 43.7. The molecule has 0 unspecified atom stereocenters. The molecule has 0 aliphatic carbocycles. The van der Waals surface area contributed by atoms with Crippen LogP contribution in [-0.4, -0.2) is 57.6 Å². The minimum atomic E-state index is -6.13. The molecule has 0 amide bonds. The number of hydrogen-bond donors (Lipinski definition) is 0. The summed E-state index contributed by atoms with van der Waals surface area (Å²) < 4.78 is 341. The van der Waals surface area contributed by atoms with E-state index in [0.29, 0.717) is 0 Å². The Morgan fingerprint density at radius 2 is 0.495 bits per heavy atom. The molecule has 5 aromatic rings. The van der Waals surface area contributed by atoms with Crippen LogP contribution in [0.5, 0.6) is 0 Å². The fraction of sp³-hybridized carbons (Fsp3) is 0.424. The first-order valence-electron chi connectivity index (χ1n) is 29.7. The average molecular weight is 1540 g/mol. The Hall–Kier alpha value is -5.63. The molecule has 2 aliphatic rings. The molecule has 1 aromatic heterocycles. The summed E-state index contributed by atoms with van der Waals surface area (Å²) in [4.78, 5) is 14.9. The number of benzene rings is 4. The summed E-state index contributed by atoms with van der Waals surface area (Å²) >= 11 is 0. The summed E-state index contributed by atoms with van der Waals surface area (Å²) in [6.07, 6.45) is -44.3. The second-order valence-electron chi connectivity index (χ2n) is 23.6. The molecular formula is C66H70BF24N3P2Pd+2. The Balaban J connectivity index is 0.000000511. The van der Waals surface area contributed by atoms with Gasteiger partial charge in [-0.3, -0.25) is 9.98 Å². The minimum absolute atomic E-state index is 0.